The predicted molar refractivity (Wildman–Crippen MR) is 110 cm³/mol. The van der Waals surface area contributed by atoms with Gasteiger partial charge < -0.3 is 15.2 Å². The van der Waals surface area contributed by atoms with Crippen LogP contribution in [0.5, 0.6) is 5.75 Å². The monoisotopic (exact) mass is 426 g/mol. The Labute approximate surface area is 177 Å². The van der Waals surface area contributed by atoms with Gasteiger partial charge >= 0.3 is 5.97 Å². The van der Waals surface area contributed by atoms with E-state index in [9.17, 15) is 23.5 Å². The molecule has 0 saturated carbocycles. The quantitative estimate of drug-likeness (QED) is 0.588. The molecule has 0 aliphatic rings. The maximum Gasteiger partial charge on any atom is 0.305 e. The molecule has 160 valence electrons. The van der Waals surface area contributed by atoms with Crippen molar-refractivity contribution in [2.45, 2.75) is 19.4 Å². The van der Waals surface area contributed by atoms with Crippen molar-refractivity contribution in [3.63, 3.8) is 0 Å². The second kappa shape index (κ2) is 9.34. The maximum atomic E-state index is 13.7. The number of nitrogens with zero attached hydrogens (tertiary/aromatic N) is 1. The van der Waals surface area contributed by atoms with Crippen LogP contribution in [0.2, 0.25) is 0 Å². The topological polar surface area (TPSA) is 88.5 Å². The van der Waals surface area contributed by atoms with E-state index < -0.39 is 29.6 Å². The molecule has 2 aromatic carbocycles. The van der Waals surface area contributed by atoms with Crippen molar-refractivity contribution in [3.05, 3.63) is 83.1 Å². The summed E-state index contributed by atoms with van der Waals surface area (Å²) in [7, 11) is 1.39. The first-order valence-electron chi connectivity index (χ1n) is 9.38. The fraction of sp³-hybridized carbons (Fsp3) is 0.174. The Morgan fingerprint density at radius 1 is 1.06 bits per heavy atom. The highest BCUT2D eigenvalue weighted by Gasteiger charge is 2.21. The summed E-state index contributed by atoms with van der Waals surface area (Å²) in [4.78, 5) is 28.4. The summed E-state index contributed by atoms with van der Waals surface area (Å²) < 4.78 is 32.2. The third kappa shape index (κ3) is 5.22. The summed E-state index contributed by atoms with van der Waals surface area (Å²) in [6, 6.07) is 12.5. The van der Waals surface area contributed by atoms with Crippen LogP contribution in [-0.2, 0) is 4.79 Å². The Morgan fingerprint density at radius 2 is 1.77 bits per heavy atom. The molecular weight excluding hydrogens is 406 g/mol. The SMILES string of the molecule is COc1ccc(C(=O)N[C@@H](CC(=O)O)c2ccc(C)cc2)nc1-c1ccc(F)c(F)c1. The van der Waals surface area contributed by atoms with Gasteiger partial charge in [0.15, 0.2) is 11.6 Å². The van der Waals surface area contributed by atoms with E-state index in [1.165, 1.54) is 25.3 Å². The van der Waals surface area contributed by atoms with Gasteiger partial charge in [-0.2, -0.15) is 0 Å². The average molecular weight is 426 g/mol. The fourth-order valence-corrected chi connectivity index (χ4v) is 3.05. The minimum atomic E-state index is -1.07. The third-order valence-electron chi connectivity index (χ3n) is 4.67. The van der Waals surface area contributed by atoms with Crippen molar-refractivity contribution in [1.29, 1.82) is 0 Å². The molecule has 0 fully saturated rings. The lowest BCUT2D eigenvalue weighted by molar-refractivity contribution is -0.137. The van der Waals surface area contributed by atoms with Gasteiger partial charge in [-0.1, -0.05) is 29.8 Å². The zero-order chi connectivity index (χ0) is 22.5. The number of rotatable bonds is 7. The van der Waals surface area contributed by atoms with Crippen LogP contribution >= 0.6 is 0 Å². The lowest BCUT2D eigenvalue weighted by atomic mass is 10.0. The number of carboxylic acid groups (broad SMARTS) is 1. The van der Waals surface area contributed by atoms with Gasteiger partial charge in [-0.15, -0.1) is 0 Å². The van der Waals surface area contributed by atoms with E-state index >= 15 is 0 Å². The lowest BCUT2D eigenvalue weighted by Crippen LogP contribution is -2.30. The highest BCUT2D eigenvalue weighted by atomic mass is 19.2. The normalized spacial score (nSPS) is 11.6. The molecule has 0 unspecified atom stereocenters. The van der Waals surface area contributed by atoms with E-state index in [1.54, 1.807) is 12.1 Å². The number of aliphatic carboxylic acids is 1. The standard InChI is InChI=1S/C23H20F2N2O4/c1-13-3-5-14(6-4-13)19(12-21(28)29)27-23(30)18-9-10-20(31-2)22(26-18)15-7-8-16(24)17(25)11-15/h3-11,19H,12H2,1-2H3,(H,27,30)(H,28,29)/t19-/m0/s1. The molecule has 0 aliphatic heterocycles. The Hall–Kier alpha value is -3.81. The summed E-state index contributed by atoms with van der Waals surface area (Å²) in [5, 5.41) is 11.9. The van der Waals surface area contributed by atoms with Gasteiger partial charge in [0.05, 0.1) is 19.6 Å². The number of hydrogen-bond donors (Lipinski definition) is 2. The summed E-state index contributed by atoms with van der Waals surface area (Å²) in [5.74, 6) is -3.49. The number of carbonyl (C=O) groups excluding carboxylic acids is 1. The van der Waals surface area contributed by atoms with Crippen LogP contribution in [0.1, 0.15) is 34.1 Å². The Morgan fingerprint density at radius 3 is 2.39 bits per heavy atom. The summed E-state index contributed by atoms with van der Waals surface area (Å²) in [6.07, 6.45) is -0.318. The van der Waals surface area contributed by atoms with Gasteiger partial charge in [-0.05, 0) is 42.8 Å². The minimum Gasteiger partial charge on any atom is -0.494 e. The number of halogens is 2. The summed E-state index contributed by atoms with van der Waals surface area (Å²) in [5.41, 5.74) is 1.99. The summed E-state index contributed by atoms with van der Waals surface area (Å²) >= 11 is 0. The molecule has 1 atom stereocenters. The molecule has 8 heteroatoms. The highest BCUT2D eigenvalue weighted by molar-refractivity contribution is 5.93. The Balaban J connectivity index is 1.93. The number of carboxylic acids is 1. The van der Waals surface area contributed by atoms with Crippen LogP contribution in [0.15, 0.2) is 54.6 Å². The number of pyridine rings is 1. The number of aromatic nitrogens is 1. The van der Waals surface area contributed by atoms with Crippen LogP contribution in [0.4, 0.5) is 8.78 Å². The largest absolute Gasteiger partial charge is 0.494 e. The number of methoxy groups -OCH3 is 1. The molecule has 0 bridgehead atoms. The highest BCUT2D eigenvalue weighted by Crippen LogP contribution is 2.29. The first-order chi connectivity index (χ1) is 14.8. The number of carbonyl (C=O) groups is 2. The van der Waals surface area contributed by atoms with Crippen molar-refractivity contribution < 1.29 is 28.2 Å². The molecule has 0 radical (unpaired) electrons. The van der Waals surface area contributed by atoms with Gasteiger partial charge in [-0.3, -0.25) is 9.59 Å². The zero-order valence-electron chi connectivity index (χ0n) is 16.9. The van der Waals surface area contributed by atoms with Gasteiger partial charge in [-0.25, -0.2) is 13.8 Å². The minimum absolute atomic E-state index is 0.0250. The number of amides is 1. The van der Waals surface area contributed by atoms with Crippen molar-refractivity contribution in [2.75, 3.05) is 7.11 Å². The molecule has 6 nitrogen and oxygen atoms in total. The molecular formula is C23H20F2N2O4. The van der Waals surface area contributed by atoms with Crippen LogP contribution in [-0.4, -0.2) is 29.1 Å². The molecule has 1 aromatic heterocycles. The first-order valence-corrected chi connectivity index (χ1v) is 9.38. The predicted octanol–water partition coefficient (Wildman–Crippen LogP) is 4.29. The first kappa shape index (κ1) is 21.9. The maximum absolute atomic E-state index is 13.7. The van der Waals surface area contributed by atoms with Crippen LogP contribution in [0, 0.1) is 18.6 Å². The van der Waals surface area contributed by atoms with E-state index in [0.717, 1.165) is 17.7 Å². The number of hydrogen-bond acceptors (Lipinski definition) is 4. The van der Waals surface area contributed by atoms with Gasteiger partial charge in [0.1, 0.15) is 17.1 Å². The smallest absolute Gasteiger partial charge is 0.305 e. The number of nitrogens with one attached hydrogen (secondary N) is 1. The molecule has 0 aliphatic carbocycles. The van der Waals surface area contributed by atoms with E-state index in [4.69, 9.17) is 4.74 Å². The molecule has 0 saturated heterocycles. The fourth-order valence-electron chi connectivity index (χ4n) is 3.05. The van der Waals surface area contributed by atoms with Crippen molar-refractivity contribution in [2.24, 2.45) is 0 Å². The number of ether oxygens (including phenoxy) is 1. The third-order valence-corrected chi connectivity index (χ3v) is 4.67. The second-order valence-corrected chi connectivity index (χ2v) is 6.91. The molecule has 31 heavy (non-hydrogen) atoms. The second-order valence-electron chi connectivity index (χ2n) is 6.91. The molecule has 3 aromatic rings. The van der Waals surface area contributed by atoms with Crippen LogP contribution in [0.25, 0.3) is 11.3 Å². The van der Waals surface area contributed by atoms with Gasteiger partial charge in [0.2, 0.25) is 0 Å². The van der Waals surface area contributed by atoms with Crippen LogP contribution < -0.4 is 10.1 Å². The van der Waals surface area contributed by atoms with E-state index in [0.29, 0.717) is 5.56 Å². The van der Waals surface area contributed by atoms with E-state index in [2.05, 4.69) is 10.3 Å². The van der Waals surface area contributed by atoms with Crippen LogP contribution in [0.3, 0.4) is 0 Å². The van der Waals surface area contributed by atoms with E-state index in [1.807, 2.05) is 19.1 Å². The lowest BCUT2D eigenvalue weighted by Gasteiger charge is -2.18. The van der Waals surface area contributed by atoms with Crippen molar-refractivity contribution in [3.8, 4) is 17.0 Å². The number of aryl methyl sites for hydroxylation is 1. The van der Waals surface area contributed by atoms with Gasteiger partial charge in [0.25, 0.3) is 5.91 Å². The molecule has 3 rings (SSSR count). The molecule has 0 spiro atoms. The van der Waals surface area contributed by atoms with Gasteiger partial charge in [0, 0.05) is 5.56 Å². The summed E-state index contributed by atoms with van der Waals surface area (Å²) in [6.45, 7) is 1.90. The van der Waals surface area contributed by atoms with E-state index in [-0.39, 0.29) is 29.1 Å². The average Bonchev–Trinajstić information content (AvgIpc) is 2.75. The van der Waals surface area contributed by atoms with Crippen molar-refractivity contribution >= 4 is 11.9 Å². The molecule has 2 N–H and O–H groups in total. The zero-order valence-corrected chi connectivity index (χ0v) is 16.9. The molecule has 1 heterocycles. The Kier molecular flexibility index (Phi) is 6.59. The Bertz CT molecular complexity index is 1120. The molecule has 1 amide bonds. The number of benzene rings is 2. The van der Waals surface area contributed by atoms with Crippen molar-refractivity contribution in [1.82, 2.24) is 10.3 Å².